The number of hydrogen-bond acceptors (Lipinski definition) is 5. The number of benzene rings is 4. The highest BCUT2D eigenvalue weighted by atomic mass is 27.3. The highest BCUT2D eigenvalue weighted by Crippen LogP contribution is 2.29. The van der Waals surface area contributed by atoms with Gasteiger partial charge in [0.25, 0.3) is 0 Å². The Morgan fingerprint density at radius 3 is 1.55 bits per heavy atom. The summed E-state index contributed by atoms with van der Waals surface area (Å²) in [4.78, 5) is 9.70. The van der Waals surface area contributed by atoms with Crippen LogP contribution in [0.2, 0.25) is 0 Å². The second kappa shape index (κ2) is 11.8. The van der Waals surface area contributed by atoms with Gasteiger partial charge in [-0.25, -0.2) is 9.97 Å². The second-order valence-electron chi connectivity index (χ2n) is 9.50. The first-order chi connectivity index (χ1) is 19.7. The summed E-state index contributed by atoms with van der Waals surface area (Å²) in [7, 11) is 0. The Hall–Kier alpha value is -4.37. The van der Waals surface area contributed by atoms with E-state index in [1.165, 1.54) is 0 Å². The van der Waals surface area contributed by atoms with E-state index in [0.717, 1.165) is 57.2 Å². The van der Waals surface area contributed by atoms with Crippen LogP contribution in [0.3, 0.4) is 0 Å². The lowest BCUT2D eigenvalue weighted by molar-refractivity contribution is 0.310. The normalized spacial score (nSPS) is 10.9. The summed E-state index contributed by atoms with van der Waals surface area (Å²) in [5, 5.41) is 2.02. The molecule has 0 saturated carbocycles. The van der Waals surface area contributed by atoms with E-state index in [0.29, 0.717) is 17.2 Å². The Morgan fingerprint density at radius 1 is 0.500 bits per heavy atom. The van der Waals surface area contributed by atoms with Crippen molar-refractivity contribution in [3.8, 4) is 28.4 Å². The monoisotopic (exact) mass is 540 g/mol. The Labute approximate surface area is 239 Å². The number of para-hydroxylation sites is 2. The molecule has 0 spiro atoms. The molecular formula is C34H29AlN2O3. The minimum absolute atomic E-state index is 0.646. The molecule has 2 aromatic heterocycles. The molecule has 0 aliphatic carbocycles. The highest BCUT2D eigenvalue weighted by molar-refractivity contribution is 6.40. The van der Waals surface area contributed by atoms with Crippen LogP contribution < -0.4 is 11.4 Å². The molecular weight excluding hydrogens is 511 g/mol. The van der Waals surface area contributed by atoms with E-state index in [2.05, 4.69) is 62.4 Å². The van der Waals surface area contributed by atoms with Crippen LogP contribution >= 0.6 is 0 Å². The van der Waals surface area contributed by atoms with Crippen molar-refractivity contribution in [2.45, 2.75) is 26.7 Å². The number of hydrogen-bond donors (Lipinski definition) is 0. The average molecular weight is 541 g/mol. The van der Waals surface area contributed by atoms with Crippen LogP contribution in [-0.4, -0.2) is 25.1 Å². The van der Waals surface area contributed by atoms with Gasteiger partial charge in [-0.05, 0) is 60.4 Å². The molecule has 0 atom stereocenters. The van der Waals surface area contributed by atoms with Gasteiger partial charge in [0, 0.05) is 22.2 Å². The predicted molar refractivity (Wildman–Crippen MR) is 162 cm³/mol. The molecule has 0 N–H and O–H groups in total. The fourth-order valence-electron chi connectivity index (χ4n) is 4.65. The van der Waals surface area contributed by atoms with Crippen LogP contribution in [0.5, 0.6) is 17.2 Å². The number of aromatic nitrogens is 2. The summed E-state index contributed by atoms with van der Waals surface area (Å²) < 4.78 is 19.6. The van der Waals surface area contributed by atoms with E-state index in [1.54, 1.807) is 0 Å². The quantitative estimate of drug-likeness (QED) is 0.174. The standard InChI is InChI=1S/C12H10O.2C11H11NO.Al/c13-12-8-6-11(7-9-12)10-4-2-1-3-5-10;2*1-2-9-7-6-8-4-3-5-10(13)11(8)12-9;/h1-9,13H;2*3-7,13H,2H2,1H3;/q;;;+3/p-3. The van der Waals surface area contributed by atoms with E-state index in [1.807, 2.05) is 66.7 Å². The molecule has 6 heteroatoms. The Kier molecular flexibility index (Phi) is 7.63. The molecule has 2 heterocycles. The van der Waals surface area contributed by atoms with E-state index in [9.17, 15) is 0 Å². The van der Waals surface area contributed by atoms with Gasteiger partial charge in [-0.3, -0.25) is 0 Å². The second-order valence-corrected chi connectivity index (χ2v) is 10.8. The van der Waals surface area contributed by atoms with E-state index >= 15 is 0 Å². The van der Waals surface area contributed by atoms with Crippen molar-refractivity contribution in [2.75, 3.05) is 0 Å². The van der Waals surface area contributed by atoms with Crippen molar-refractivity contribution in [3.05, 3.63) is 127 Å². The van der Waals surface area contributed by atoms with Crippen LogP contribution in [0.15, 0.2) is 115 Å². The lowest BCUT2D eigenvalue weighted by Gasteiger charge is -2.18. The lowest BCUT2D eigenvalue weighted by atomic mass is 10.1. The third-order valence-corrected chi connectivity index (χ3v) is 8.20. The van der Waals surface area contributed by atoms with Crippen LogP contribution in [0.4, 0.5) is 0 Å². The lowest BCUT2D eigenvalue weighted by Crippen LogP contribution is -2.37. The number of rotatable bonds is 9. The zero-order valence-corrected chi connectivity index (χ0v) is 23.7. The molecule has 196 valence electrons. The summed E-state index contributed by atoms with van der Waals surface area (Å²) >= 11 is -2.85. The van der Waals surface area contributed by atoms with Gasteiger partial charge in [-0.15, -0.1) is 0 Å². The van der Waals surface area contributed by atoms with Gasteiger partial charge < -0.3 is 11.4 Å². The molecule has 0 bridgehead atoms. The van der Waals surface area contributed by atoms with E-state index in [-0.39, 0.29) is 0 Å². The summed E-state index contributed by atoms with van der Waals surface area (Å²) in [6, 6.07) is 38.4. The molecule has 0 amide bonds. The predicted octanol–water partition coefficient (Wildman–Crippen LogP) is 8.10. The van der Waals surface area contributed by atoms with Gasteiger partial charge in [-0.2, -0.15) is 0 Å². The van der Waals surface area contributed by atoms with Crippen molar-refractivity contribution >= 4 is 37.0 Å². The van der Waals surface area contributed by atoms with Crippen molar-refractivity contribution in [3.63, 3.8) is 0 Å². The molecule has 6 rings (SSSR count). The fourth-order valence-corrected chi connectivity index (χ4v) is 5.97. The molecule has 40 heavy (non-hydrogen) atoms. The Bertz CT molecular complexity index is 1670. The molecule has 0 aliphatic heterocycles. The third kappa shape index (κ3) is 5.65. The van der Waals surface area contributed by atoms with Crippen molar-refractivity contribution in [1.29, 1.82) is 0 Å². The first kappa shape index (κ1) is 25.9. The first-order valence-corrected chi connectivity index (χ1v) is 15.0. The van der Waals surface area contributed by atoms with Crippen LogP contribution in [0.1, 0.15) is 25.2 Å². The molecule has 0 fully saturated rings. The maximum atomic E-state index is 6.56. The maximum Gasteiger partial charge on any atom is 1.20 e. The van der Waals surface area contributed by atoms with Gasteiger partial charge in [-0.1, -0.05) is 92.7 Å². The zero-order chi connectivity index (χ0) is 27.3. The molecule has 5 nitrogen and oxygen atoms in total. The summed E-state index contributed by atoms with van der Waals surface area (Å²) in [6.45, 7) is 4.19. The number of nitrogens with zero attached hydrogens (tertiary/aromatic N) is 2. The number of aryl methyl sites for hydroxylation is 2. The minimum Gasteiger partial charge on any atom is -0.577 e. The summed E-state index contributed by atoms with van der Waals surface area (Å²) in [5.41, 5.74) is 5.88. The smallest absolute Gasteiger partial charge is 0.577 e. The van der Waals surface area contributed by atoms with Crippen molar-refractivity contribution < 1.29 is 11.4 Å². The largest absolute Gasteiger partial charge is 1.20 e. The number of pyridine rings is 2. The van der Waals surface area contributed by atoms with Gasteiger partial charge in [0.15, 0.2) is 0 Å². The SMILES string of the molecule is CCc1ccc2cccc([O][Al]([O]c3ccc(-c4ccccc4)cc3)[O]c3cccc4ccc(CC)nc34)c2n1. The average Bonchev–Trinajstić information content (AvgIpc) is 3.01. The fraction of sp³-hybridized carbons (Fsp3) is 0.118. The summed E-state index contributed by atoms with van der Waals surface area (Å²) in [6.07, 6.45) is 1.68. The topological polar surface area (TPSA) is 53.5 Å². The van der Waals surface area contributed by atoms with Crippen LogP contribution in [0.25, 0.3) is 32.9 Å². The van der Waals surface area contributed by atoms with Crippen LogP contribution in [0, 0.1) is 0 Å². The Balaban J connectivity index is 1.36. The number of fused-ring (bicyclic) bond motifs is 2. The molecule has 0 radical (unpaired) electrons. The van der Waals surface area contributed by atoms with Gasteiger partial charge in [0.2, 0.25) is 0 Å². The third-order valence-electron chi connectivity index (χ3n) is 6.85. The maximum absolute atomic E-state index is 6.56. The van der Waals surface area contributed by atoms with Gasteiger partial charge in [0.1, 0.15) is 22.5 Å². The highest BCUT2D eigenvalue weighted by Gasteiger charge is 2.45. The van der Waals surface area contributed by atoms with Gasteiger partial charge in [0.05, 0.1) is 5.75 Å². The molecule has 0 unspecified atom stereocenters. The van der Waals surface area contributed by atoms with Crippen LogP contribution in [-0.2, 0) is 12.8 Å². The summed E-state index contributed by atoms with van der Waals surface area (Å²) in [5.74, 6) is 1.97. The zero-order valence-electron chi connectivity index (χ0n) is 22.6. The van der Waals surface area contributed by atoms with Crippen molar-refractivity contribution in [2.24, 2.45) is 0 Å². The minimum atomic E-state index is -2.85. The molecule has 6 aromatic rings. The van der Waals surface area contributed by atoms with E-state index in [4.69, 9.17) is 21.3 Å². The van der Waals surface area contributed by atoms with Crippen molar-refractivity contribution in [1.82, 2.24) is 9.97 Å². The first-order valence-electron chi connectivity index (χ1n) is 13.6. The van der Waals surface area contributed by atoms with Gasteiger partial charge >= 0.3 is 15.1 Å². The molecule has 4 aromatic carbocycles. The van der Waals surface area contributed by atoms with E-state index < -0.39 is 15.1 Å². The molecule has 0 saturated heterocycles. The Morgan fingerprint density at radius 2 is 1.02 bits per heavy atom. The molecule has 0 aliphatic rings.